The van der Waals surface area contributed by atoms with E-state index in [2.05, 4.69) is 0 Å². The first-order chi connectivity index (χ1) is 11.7. The molecule has 25 heavy (non-hydrogen) atoms. The predicted octanol–water partition coefficient (Wildman–Crippen LogP) is 2.50. The van der Waals surface area contributed by atoms with Crippen LogP contribution in [0.3, 0.4) is 0 Å². The number of carbonyl (C=O) groups is 2. The Morgan fingerprint density at radius 2 is 1.76 bits per heavy atom. The Bertz CT molecular complexity index is 909. The van der Waals surface area contributed by atoms with Crippen LogP contribution in [0.4, 0.5) is 0 Å². The highest BCUT2D eigenvalue weighted by atomic mass is 16.6. The number of esters is 2. The number of carbonyl (C=O) groups excluding carboxylic acids is 2. The fraction of sp³-hybridized carbons (Fsp3) is 0.389. The van der Waals surface area contributed by atoms with Gasteiger partial charge in [0, 0.05) is 25.3 Å². The second-order valence-corrected chi connectivity index (χ2v) is 6.42. The van der Waals surface area contributed by atoms with Crippen LogP contribution in [0.5, 0.6) is 5.75 Å². The molecule has 0 unspecified atom stereocenters. The molecule has 2 atom stereocenters. The van der Waals surface area contributed by atoms with Gasteiger partial charge in [-0.2, -0.15) is 0 Å². The van der Waals surface area contributed by atoms with E-state index in [9.17, 15) is 14.4 Å². The second kappa shape index (κ2) is 5.91. The van der Waals surface area contributed by atoms with E-state index in [4.69, 9.17) is 18.6 Å². The van der Waals surface area contributed by atoms with Crippen molar-refractivity contribution in [1.82, 2.24) is 0 Å². The van der Waals surface area contributed by atoms with E-state index in [0.717, 1.165) is 0 Å². The van der Waals surface area contributed by atoms with Gasteiger partial charge in [0.15, 0.2) is 12.2 Å². The van der Waals surface area contributed by atoms with Crippen molar-refractivity contribution >= 4 is 22.9 Å². The summed E-state index contributed by atoms with van der Waals surface area (Å²) in [6.07, 6.45) is -1.66. The number of ether oxygens (including phenoxy) is 3. The Morgan fingerprint density at radius 3 is 2.40 bits per heavy atom. The highest BCUT2D eigenvalue weighted by molar-refractivity contribution is 5.83. The zero-order valence-electron chi connectivity index (χ0n) is 14.3. The number of fused-ring (bicyclic) bond motifs is 3. The molecule has 0 aliphatic carbocycles. The number of hydrogen-bond donors (Lipinski definition) is 0. The van der Waals surface area contributed by atoms with Gasteiger partial charge < -0.3 is 18.6 Å². The molecule has 132 valence electrons. The lowest BCUT2D eigenvalue weighted by molar-refractivity contribution is -0.174. The summed E-state index contributed by atoms with van der Waals surface area (Å²) >= 11 is 0. The van der Waals surface area contributed by atoms with Crippen LogP contribution in [0.1, 0.15) is 39.4 Å². The van der Waals surface area contributed by atoms with E-state index in [0.29, 0.717) is 16.7 Å². The SMILES string of the molecule is CC(=O)O[C@@H]1c2c(ccc3ccc(=O)oc23)O[C@@H]1C(C)(C)OC(C)=O. The third kappa shape index (κ3) is 3.09. The predicted molar refractivity (Wildman–Crippen MR) is 87.3 cm³/mol. The second-order valence-electron chi connectivity index (χ2n) is 6.42. The highest BCUT2D eigenvalue weighted by Gasteiger charge is 2.49. The fourth-order valence-electron chi connectivity index (χ4n) is 3.09. The molecule has 2 heterocycles. The Labute approximate surface area is 143 Å². The average Bonchev–Trinajstić information content (AvgIpc) is 2.85. The van der Waals surface area contributed by atoms with Crippen LogP contribution < -0.4 is 10.4 Å². The summed E-state index contributed by atoms with van der Waals surface area (Å²) in [6.45, 7) is 5.90. The van der Waals surface area contributed by atoms with Gasteiger partial charge in [-0.3, -0.25) is 9.59 Å². The smallest absolute Gasteiger partial charge is 0.336 e. The van der Waals surface area contributed by atoms with Crippen LogP contribution in [-0.2, 0) is 19.1 Å². The van der Waals surface area contributed by atoms with Gasteiger partial charge in [0.1, 0.15) is 16.9 Å². The molecule has 0 saturated carbocycles. The largest absolute Gasteiger partial charge is 0.481 e. The zero-order chi connectivity index (χ0) is 18.4. The first kappa shape index (κ1) is 17.0. The minimum absolute atomic E-state index is 0.289. The third-order valence-electron chi connectivity index (χ3n) is 3.99. The van der Waals surface area contributed by atoms with Crippen LogP contribution in [0, 0.1) is 0 Å². The van der Waals surface area contributed by atoms with Crippen LogP contribution >= 0.6 is 0 Å². The molecule has 0 N–H and O–H groups in total. The molecule has 1 aromatic carbocycles. The van der Waals surface area contributed by atoms with E-state index in [1.165, 1.54) is 19.9 Å². The van der Waals surface area contributed by atoms with Gasteiger partial charge in [-0.05, 0) is 32.0 Å². The maximum absolute atomic E-state index is 11.7. The van der Waals surface area contributed by atoms with Gasteiger partial charge in [0.25, 0.3) is 0 Å². The van der Waals surface area contributed by atoms with E-state index in [1.54, 1.807) is 32.0 Å². The highest BCUT2D eigenvalue weighted by Crippen LogP contribution is 2.47. The fourth-order valence-corrected chi connectivity index (χ4v) is 3.09. The Kier molecular flexibility index (Phi) is 4.02. The topological polar surface area (TPSA) is 92.0 Å². The quantitative estimate of drug-likeness (QED) is 0.623. The van der Waals surface area contributed by atoms with Crippen molar-refractivity contribution in [1.29, 1.82) is 0 Å². The lowest BCUT2D eigenvalue weighted by Crippen LogP contribution is -2.46. The minimum Gasteiger partial charge on any atom is -0.481 e. The summed E-state index contributed by atoms with van der Waals surface area (Å²) in [5, 5.41) is 0.671. The van der Waals surface area contributed by atoms with E-state index in [-0.39, 0.29) is 5.58 Å². The molecule has 0 radical (unpaired) electrons. The molecule has 1 aliphatic rings. The summed E-state index contributed by atoms with van der Waals surface area (Å²) in [7, 11) is 0. The average molecular weight is 346 g/mol. The lowest BCUT2D eigenvalue weighted by Gasteiger charge is -2.33. The molecule has 2 aromatic rings. The van der Waals surface area contributed by atoms with Crippen molar-refractivity contribution in [3.63, 3.8) is 0 Å². The third-order valence-corrected chi connectivity index (χ3v) is 3.99. The molecule has 7 heteroatoms. The summed E-state index contributed by atoms with van der Waals surface area (Å²) in [5.74, 6) is -0.596. The van der Waals surface area contributed by atoms with Crippen molar-refractivity contribution in [2.45, 2.75) is 45.5 Å². The van der Waals surface area contributed by atoms with Crippen molar-refractivity contribution in [2.24, 2.45) is 0 Å². The van der Waals surface area contributed by atoms with Gasteiger partial charge in [0.2, 0.25) is 0 Å². The lowest BCUT2D eigenvalue weighted by atomic mass is 9.93. The van der Waals surface area contributed by atoms with Gasteiger partial charge >= 0.3 is 17.6 Å². The van der Waals surface area contributed by atoms with Gasteiger partial charge in [-0.25, -0.2) is 4.79 Å². The molecular formula is C18H18O7. The van der Waals surface area contributed by atoms with Crippen LogP contribution in [0.15, 0.2) is 33.5 Å². The summed E-state index contributed by atoms with van der Waals surface area (Å²) in [6, 6.07) is 6.38. The molecule has 0 bridgehead atoms. The molecule has 1 aromatic heterocycles. The maximum Gasteiger partial charge on any atom is 0.336 e. The van der Waals surface area contributed by atoms with Crippen LogP contribution in [-0.4, -0.2) is 23.6 Å². The van der Waals surface area contributed by atoms with E-state index >= 15 is 0 Å². The summed E-state index contributed by atoms with van der Waals surface area (Å²) in [5.41, 5.74) is -0.856. The Hall–Kier alpha value is -2.83. The van der Waals surface area contributed by atoms with Crippen molar-refractivity contribution in [3.05, 3.63) is 40.2 Å². The molecular weight excluding hydrogens is 328 g/mol. The maximum atomic E-state index is 11.7. The first-order valence-corrected chi connectivity index (χ1v) is 7.79. The molecule has 3 rings (SSSR count). The van der Waals surface area contributed by atoms with E-state index < -0.39 is 35.4 Å². The molecule has 0 fully saturated rings. The molecule has 0 amide bonds. The molecule has 7 nitrogen and oxygen atoms in total. The van der Waals surface area contributed by atoms with Gasteiger partial charge in [-0.15, -0.1) is 0 Å². The first-order valence-electron chi connectivity index (χ1n) is 7.79. The molecule has 1 aliphatic heterocycles. The van der Waals surface area contributed by atoms with Crippen LogP contribution in [0.2, 0.25) is 0 Å². The Balaban J connectivity index is 2.16. The van der Waals surface area contributed by atoms with Crippen molar-refractivity contribution in [3.8, 4) is 5.75 Å². The monoisotopic (exact) mass is 346 g/mol. The van der Waals surface area contributed by atoms with Gasteiger partial charge in [0.05, 0.1) is 5.56 Å². The summed E-state index contributed by atoms with van der Waals surface area (Å²) < 4.78 is 22.0. The minimum atomic E-state index is -1.08. The van der Waals surface area contributed by atoms with Crippen molar-refractivity contribution in [2.75, 3.05) is 0 Å². The molecule has 0 spiro atoms. The van der Waals surface area contributed by atoms with E-state index in [1.807, 2.05) is 0 Å². The van der Waals surface area contributed by atoms with Crippen LogP contribution in [0.25, 0.3) is 11.0 Å². The number of benzene rings is 1. The molecule has 0 saturated heterocycles. The summed E-state index contributed by atoms with van der Waals surface area (Å²) in [4.78, 5) is 34.7. The normalized spacial score (nSPS) is 19.2. The Morgan fingerprint density at radius 1 is 1.08 bits per heavy atom. The van der Waals surface area contributed by atoms with Crippen molar-refractivity contribution < 1.29 is 28.2 Å². The zero-order valence-corrected chi connectivity index (χ0v) is 14.3. The number of hydrogen-bond acceptors (Lipinski definition) is 7. The standard InChI is InChI=1S/C18H18O7/c1-9(19)22-16-14-12(23-17(16)18(3,4)25-10(2)20)7-5-11-6-8-13(21)24-15(11)14/h5-8,16-17H,1-4H3/t16-,17+/m1/s1. The van der Waals surface area contributed by atoms with Gasteiger partial charge in [-0.1, -0.05) is 0 Å². The number of rotatable bonds is 3.